The Morgan fingerprint density at radius 3 is 2.45 bits per heavy atom. The Balaban J connectivity index is 1.57. The zero-order valence-electron chi connectivity index (χ0n) is 16.0. The number of carbonyl (C=O) groups is 2. The van der Waals surface area contributed by atoms with Crippen LogP contribution in [0.5, 0.6) is 0 Å². The maximum Gasteiger partial charge on any atom is 0.244 e. The van der Waals surface area contributed by atoms with Crippen LogP contribution in [0.3, 0.4) is 0 Å². The molecule has 1 aromatic heterocycles. The van der Waals surface area contributed by atoms with Gasteiger partial charge in [-0.2, -0.15) is 0 Å². The maximum atomic E-state index is 12.5. The summed E-state index contributed by atoms with van der Waals surface area (Å²) in [6, 6.07) is 20.1. The van der Waals surface area contributed by atoms with Gasteiger partial charge in [-0.25, -0.2) is 0 Å². The van der Waals surface area contributed by atoms with Crippen molar-refractivity contribution in [3.05, 3.63) is 89.3 Å². The van der Waals surface area contributed by atoms with E-state index >= 15 is 0 Å². The van der Waals surface area contributed by atoms with Crippen molar-refractivity contribution in [3.63, 3.8) is 0 Å². The first-order valence-corrected chi connectivity index (χ1v) is 9.52. The van der Waals surface area contributed by atoms with Crippen molar-refractivity contribution in [2.75, 3.05) is 25.5 Å². The van der Waals surface area contributed by atoms with E-state index in [1.165, 1.54) is 4.90 Å². The Bertz CT molecular complexity index is 945. The van der Waals surface area contributed by atoms with E-state index in [0.29, 0.717) is 16.5 Å². The molecular weight excluding hydrogens is 390 g/mol. The van der Waals surface area contributed by atoms with Gasteiger partial charge in [0.05, 0.1) is 36.1 Å². The number of carbonyl (C=O) groups excluding carboxylic acids is 2. The number of amides is 2. The number of halogens is 1. The fraction of sp³-hybridized carbons (Fsp3) is 0.182. The SMILES string of the molecule is CN(CC(=O)Nc1ccccc1Cl)C(=O)CN[C@H](c1ccccc1)c1ccco1. The summed E-state index contributed by atoms with van der Waals surface area (Å²) in [5.41, 5.74) is 1.49. The highest BCUT2D eigenvalue weighted by Crippen LogP contribution is 2.22. The van der Waals surface area contributed by atoms with E-state index in [9.17, 15) is 9.59 Å². The summed E-state index contributed by atoms with van der Waals surface area (Å²) in [4.78, 5) is 26.1. The van der Waals surface area contributed by atoms with Crippen molar-refractivity contribution in [3.8, 4) is 0 Å². The average molecular weight is 412 g/mol. The van der Waals surface area contributed by atoms with Crippen molar-refractivity contribution in [1.82, 2.24) is 10.2 Å². The summed E-state index contributed by atoms with van der Waals surface area (Å²) in [7, 11) is 1.58. The van der Waals surface area contributed by atoms with E-state index in [0.717, 1.165) is 5.56 Å². The van der Waals surface area contributed by atoms with Gasteiger partial charge in [0.25, 0.3) is 0 Å². The molecule has 29 heavy (non-hydrogen) atoms. The second-order valence-electron chi connectivity index (χ2n) is 6.52. The molecule has 7 heteroatoms. The molecule has 0 aliphatic rings. The number of hydrogen-bond donors (Lipinski definition) is 2. The van der Waals surface area contributed by atoms with E-state index in [1.807, 2.05) is 36.4 Å². The van der Waals surface area contributed by atoms with E-state index in [4.69, 9.17) is 16.0 Å². The van der Waals surface area contributed by atoms with Gasteiger partial charge in [0.1, 0.15) is 5.76 Å². The molecule has 0 aliphatic heterocycles. The fourth-order valence-corrected chi connectivity index (χ4v) is 3.05. The van der Waals surface area contributed by atoms with Crippen LogP contribution in [0.2, 0.25) is 5.02 Å². The first kappa shape index (κ1) is 20.6. The van der Waals surface area contributed by atoms with Gasteiger partial charge < -0.3 is 14.6 Å². The molecule has 2 amide bonds. The topological polar surface area (TPSA) is 74.6 Å². The molecule has 0 radical (unpaired) electrons. The highest BCUT2D eigenvalue weighted by Gasteiger charge is 2.19. The molecule has 0 unspecified atom stereocenters. The number of rotatable bonds is 8. The Morgan fingerprint density at radius 2 is 1.76 bits per heavy atom. The van der Waals surface area contributed by atoms with Crippen LogP contribution in [-0.2, 0) is 9.59 Å². The van der Waals surface area contributed by atoms with Gasteiger partial charge in [0.2, 0.25) is 11.8 Å². The number of nitrogens with zero attached hydrogens (tertiary/aromatic N) is 1. The lowest BCUT2D eigenvalue weighted by atomic mass is 10.0. The van der Waals surface area contributed by atoms with Crippen LogP contribution in [0, 0.1) is 0 Å². The molecule has 0 spiro atoms. The van der Waals surface area contributed by atoms with Crippen molar-refractivity contribution in [2.24, 2.45) is 0 Å². The first-order chi connectivity index (χ1) is 14.0. The van der Waals surface area contributed by atoms with E-state index in [1.54, 1.807) is 43.6 Å². The summed E-state index contributed by atoms with van der Waals surface area (Å²) in [5, 5.41) is 6.37. The number of furan rings is 1. The molecule has 0 fully saturated rings. The third-order valence-corrected chi connectivity index (χ3v) is 4.70. The average Bonchev–Trinajstić information content (AvgIpc) is 3.25. The summed E-state index contributed by atoms with van der Waals surface area (Å²) in [6.07, 6.45) is 1.60. The fourth-order valence-electron chi connectivity index (χ4n) is 2.86. The maximum absolute atomic E-state index is 12.5. The van der Waals surface area contributed by atoms with Crippen LogP contribution < -0.4 is 10.6 Å². The van der Waals surface area contributed by atoms with Crippen LogP contribution in [0.15, 0.2) is 77.4 Å². The van der Waals surface area contributed by atoms with Crippen LogP contribution in [0.4, 0.5) is 5.69 Å². The smallest absolute Gasteiger partial charge is 0.244 e. The quantitative estimate of drug-likeness (QED) is 0.592. The lowest BCUT2D eigenvalue weighted by Crippen LogP contribution is -2.41. The highest BCUT2D eigenvalue weighted by atomic mass is 35.5. The molecule has 0 saturated heterocycles. The van der Waals surface area contributed by atoms with E-state index in [-0.39, 0.29) is 30.9 Å². The molecule has 0 aliphatic carbocycles. The van der Waals surface area contributed by atoms with Crippen molar-refractivity contribution in [2.45, 2.75) is 6.04 Å². The third-order valence-electron chi connectivity index (χ3n) is 4.37. The predicted molar refractivity (Wildman–Crippen MR) is 113 cm³/mol. The Morgan fingerprint density at radius 1 is 1.03 bits per heavy atom. The highest BCUT2D eigenvalue weighted by molar-refractivity contribution is 6.33. The van der Waals surface area contributed by atoms with Gasteiger partial charge in [-0.05, 0) is 29.8 Å². The summed E-state index contributed by atoms with van der Waals surface area (Å²) in [5.74, 6) is 0.175. The monoisotopic (exact) mass is 411 g/mol. The van der Waals surface area contributed by atoms with Crippen molar-refractivity contribution < 1.29 is 14.0 Å². The number of anilines is 1. The van der Waals surface area contributed by atoms with Gasteiger partial charge >= 0.3 is 0 Å². The van der Waals surface area contributed by atoms with E-state index in [2.05, 4.69) is 10.6 Å². The number of likely N-dealkylation sites (N-methyl/N-ethyl adjacent to an activating group) is 1. The van der Waals surface area contributed by atoms with Gasteiger partial charge in [0, 0.05) is 7.05 Å². The largest absolute Gasteiger partial charge is 0.467 e. The van der Waals surface area contributed by atoms with Gasteiger partial charge in [-0.3, -0.25) is 14.9 Å². The number of para-hydroxylation sites is 1. The second-order valence-corrected chi connectivity index (χ2v) is 6.93. The lowest BCUT2D eigenvalue weighted by molar-refractivity contribution is -0.132. The van der Waals surface area contributed by atoms with Crippen LogP contribution in [0.25, 0.3) is 0 Å². The van der Waals surface area contributed by atoms with Gasteiger partial charge in [-0.15, -0.1) is 0 Å². The molecule has 0 saturated carbocycles. The Hall–Kier alpha value is -3.09. The normalized spacial score (nSPS) is 11.7. The molecule has 1 atom stereocenters. The van der Waals surface area contributed by atoms with Crippen molar-refractivity contribution >= 4 is 29.1 Å². The minimum atomic E-state index is -0.320. The Labute approximate surface area is 174 Å². The standard InChI is InChI=1S/C22H22ClN3O3/c1-26(15-20(27)25-18-11-6-5-10-17(18)23)21(28)14-24-22(19-12-7-13-29-19)16-8-3-2-4-9-16/h2-13,22,24H,14-15H2,1H3,(H,25,27)/t22-/m1/s1. The molecule has 3 rings (SSSR count). The molecule has 6 nitrogen and oxygen atoms in total. The summed E-state index contributed by atoms with van der Waals surface area (Å²) in [6.45, 7) is -0.0291. The van der Waals surface area contributed by atoms with Crippen molar-refractivity contribution in [1.29, 1.82) is 0 Å². The van der Waals surface area contributed by atoms with Crippen LogP contribution in [0.1, 0.15) is 17.4 Å². The van der Waals surface area contributed by atoms with Crippen LogP contribution >= 0.6 is 11.6 Å². The minimum absolute atomic E-state index is 0.0517. The number of hydrogen-bond acceptors (Lipinski definition) is 4. The minimum Gasteiger partial charge on any atom is -0.467 e. The number of benzene rings is 2. The first-order valence-electron chi connectivity index (χ1n) is 9.14. The lowest BCUT2D eigenvalue weighted by Gasteiger charge is -2.21. The molecule has 2 N–H and O–H groups in total. The molecular formula is C22H22ClN3O3. The predicted octanol–water partition coefficient (Wildman–Crippen LogP) is 3.71. The number of nitrogens with one attached hydrogen (secondary N) is 2. The Kier molecular flexibility index (Phi) is 7.05. The zero-order chi connectivity index (χ0) is 20.6. The molecule has 2 aromatic carbocycles. The third kappa shape index (κ3) is 5.70. The zero-order valence-corrected chi connectivity index (χ0v) is 16.7. The van der Waals surface area contributed by atoms with Gasteiger partial charge in [0.15, 0.2) is 0 Å². The van der Waals surface area contributed by atoms with Crippen LogP contribution in [-0.4, -0.2) is 36.9 Å². The molecule has 0 bridgehead atoms. The molecule has 3 aromatic rings. The molecule has 1 heterocycles. The molecule has 150 valence electrons. The van der Waals surface area contributed by atoms with Gasteiger partial charge in [-0.1, -0.05) is 54.1 Å². The van der Waals surface area contributed by atoms with E-state index < -0.39 is 0 Å². The second kappa shape index (κ2) is 9.91. The summed E-state index contributed by atoms with van der Waals surface area (Å²) < 4.78 is 5.52. The summed E-state index contributed by atoms with van der Waals surface area (Å²) >= 11 is 6.04.